The van der Waals surface area contributed by atoms with E-state index in [4.69, 9.17) is 9.47 Å². The zero-order valence-electron chi connectivity index (χ0n) is 18.8. The van der Waals surface area contributed by atoms with E-state index in [1.807, 2.05) is 37.3 Å². The molecule has 0 aliphatic rings. The predicted octanol–water partition coefficient (Wildman–Crippen LogP) is 3.75. The van der Waals surface area contributed by atoms with Crippen LogP contribution in [0.15, 0.2) is 83.8 Å². The molecule has 0 fully saturated rings. The van der Waals surface area contributed by atoms with E-state index in [1.165, 1.54) is 24.3 Å². The van der Waals surface area contributed by atoms with Gasteiger partial charge in [-0.05, 0) is 61.0 Å². The zero-order valence-corrected chi connectivity index (χ0v) is 19.6. The van der Waals surface area contributed by atoms with E-state index in [2.05, 4.69) is 5.32 Å². The number of hydrogen-bond acceptors (Lipinski definition) is 5. The minimum absolute atomic E-state index is 0.0146. The maximum absolute atomic E-state index is 13.4. The molecule has 0 aliphatic heterocycles. The van der Waals surface area contributed by atoms with Crippen LogP contribution in [-0.2, 0) is 26.2 Å². The number of rotatable bonds is 12. The van der Waals surface area contributed by atoms with Crippen molar-refractivity contribution in [2.75, 3.05) is 30.6 Å². The Kier molecular flexibility index (Phi) is 9.00. The molecule has 1 amide bonds. The van der Waals surface area contributed by atoms with Gasteiger partial charge in [-0.15, -0.1) is 0 Å². The van der Waals surface area contributed by atoms with Crippen LogP contribution in [0.4, 0.5) is 10.1 Å². The monoisotopic (exact) mass is 486 g/mol. The first-order chi connectivity index (χ1) is 16.4. The molecule has 9 heteroatoms. The second-order valence-electron chi connectivity index (χ2n) is 7.28. The van der Waals surface area contributed by atoms with Gasteiger partial charge in [0.25, 0.3) is 10.0 Å². The van der Waals surface area contributed by atoms with E-state index >= 15 is 0 Å². The molecule has 0 spiro atoms. The fourth-order valence-corrected chi connectivity index (χ4v) is 4.56. The summed E-state index contributed by atoms with van der Waals surface area (Å²) in [5.41, 5.74) is 1.18. The molecule has 7 nitrogen and oxygen atoms in total. The highest BCUT2D eigenvalue weighted by atomic mass is 32.2. The number of halogens is 1. The highest BCUT2D eigenvalue weighted by molar-refractivity contribution is 7.92. The Morgan fingerprint density at radius 1 is 0.971 bits per heavy atom. The van der Waals surface area contributed by atoms with Gasteiger partial charge in [-0.3, -0.25) is 9.10 Å². The van der Waals surface area contributed by atoms with Crippen molar-refractivity contribution < 1.29 is 27.1 Å². The number of benzene rings is 3. The highest BCUT2D eigenvalue weighted by Crippen LogP contribution is 2.25. The van der Waals surface area contributed by atoms with E-state index in [0.717, 1.165) is 22.0 Å². The summed E-state index contributed by atoms with van der Waals surface area (Å²) in [6.07, 6.45) is 0. The first kappa shape index (κ1) is 25.2. The maximum atomic E-state index is 13.4. The van der Waals surface area contributed by atoms with Gasteiger partial charge in [0.15, 0.2) is 0 Å². The van der Waals surface area contributed by atoms with Crippen molar-refractivity contribution in [2.45, 2.75) is 18.4 Å². The lowest BCUT2D eigenvalue weighted by atomic mass is 10.2. The number of ether oxygens (including phenoxy) is 2. The first-order valence-corrected chi connectivity index (χ1v) is 12.2. The van der Waals surface area contributed by atoms with Gasteiger partial charge in [0, 0.05) is 6.54 Å². The molecule has 0 radical (unpaired) electrons. The van der Waals surface area contributed by atoms with Crippen molar-refractivity contribution >= 4 is 21.6 Å². The molecular weight excluding hydrogens is 459 g/mol. The van der Waals surface area contributed by atoms with Crippen molar-refractivity contribution in [3.63, 3.8) is 0 Å². The number of carbonyl (C=O) groups is 1. The quantitative estimate of drug-likeness (QED) is 0.394. The Morgan fingerprint density at radius 2 is 1.65 bits per heavy atom. The Hall–Kier alpha value is -3.43. The summed E-state index contributed by atoms with van der Waals surface area (Å²) in [6, 6.07) is 20.4. The Balaban J connectivity index is 1.66. The van der Waals surface area contributed by atoms with Gasteiger partial charge in [-0.25, -0.2) is 12.8 Å². The second-order valence-corrected chi connectivity index (χ2v) is 9.14. The standard InChI is InChI=1S/C25H27FN2O5S/c1-2-33-23-12-14-24(15-13-23)34(30,31)28(22-10-8-21(26)9-11-22)18-25(29)27-16-17-32-19-20-6-4-3-5-7-20/h3-15H,2,16-19H2,1H3,(H,27,29). The third kappa shape index (κ3) is 7.03. The van der Waals surface area contributed by atoms with E-state index in [-0.39, 0.29) is 23.7 Å². The first-order valence-electron chi connectivity index (χ1n) is 10.8. The largest absolute Gasteiger partial charge is 0.494 e. The lowest BCUT2D eigenvalue weighted by Gasteiger charge is -2.24. The molecule has 1 N–H and O–H groups in total. The summed E-state index contributed by atoms with van der Waals surface area (Å²) in [5.74, 6) is -0.493. The summed E-state index contributed by atoms with van der Waals surface area (Å²) >= 11 is 0. The molecular formula is C25H27FN2O5S. The average molecular weight is 487 g/mol. The molecule has 3 aromatic rings. The maximum Gasteiger partial charge on any atom is 0.264 e. The van der Waals surface area contributed by atoms with Crippen LogP contribution in [-0.4, -0.2) is 40.6 Å². The lowest BCUT2D eigenvalue weighted by Crippen LogP contribution is -2.41. The molecule has 34 heavy (non-hydrogen) atoms. The van der Waals surface area contributed by atoms with E-state index in [0.29, 0.717) is 19.0 Å². The van der Waals surface area contributed by atoms with Crippen LogP contribution < -0.4 is 14.4 Å². The summed E-state index contributed by atoms with van der Waals surface area (Å²) < 4.78 is 52.0. The smallest absolute Gasteiger partial charge is 0.264 e. The third-order valence-corrected chi connectivity index (χ3v) is 6.59. The second kappa shape index (κ2) is 12.2. The lowest BCUT2D eigenvalue weighted by molar-refractivity contribution is -0.119. The van der Waals surface area contributed by atoms with Gasteiger partial charge in [-0.1, -0.05) is 30.3 Å². The molecule has 0 saturated heterocycles. The number of sulfonamides is 1. The summed E-state index contributed by atoms with van der Waals surface area (Å²) in [7, 11) is -4.10. The Morgan fingerprint density at radius 3 is 2.29 bits per heavy atom. The van der Waals surface area contributed by atoms with Crippen molar-refractivity contribution in [2.24, 2.45) is 0 Å². The van der Waals surface area contributed by atoms with Gasteiger partial charge < -0.3 is 14.8 Å². The number of anilines is 1. The van der Waals surface area contributed by atoms with Gasteiger partial charge in [0.05, 0.1) is 30.4 Å². The molecule has 0 bridgehead atoms. The van der Waals surface area contributed by atoms with Crippen LogP contribution in [0.2, 0.25) is 0 Å². The third-order valence-electron chi connectivity index (χ3n) is 4.80. The molecule has 3 aromatic carbocycles. The molecule has 3 rings (SSSR count). The number of nitrogens with zero attached hydrogens (tertiary/aromatic N) is 1. The van der Waals surface area contributed by atoms with Crippen LogP contribution in [0.1, 0.15) is 12.5 Å². The highest BCUT2D eigenvalue weighted by Gasteiger charge is 2.27. The minimum Gasteiger partial charge on any atom is -0.494 e. The van der Waals surface area contributed by atoms with E-state index < -0.39 is 28.3 Å². The molecule has 180 valence electrons. The van der Waals surface area contributed by atoms with Crippen LogP contribution in [0.5, 0.6) is 5.75 Å². The van der Waals surface area contributed by atoms with Crippen LogP contribution in [0, 0.1) is 5.82 Å². The predicted molar refractivity (Wildman–Crippen MR) is 128 cm³/mol. The molecule has 0 atom stereocenters. The van der Waals surface area contributed by atoms with Crippen LogP contribution in [0.25, 0.3) is 0 Å². The normalized spacial score (nSPS) is 11.1. The van der Waals surface area contributed by atoms with E-state index in [1.54, 1.807) is 12.1 Å². The minimum atomic E-state index is -4.10. The summed E-state index contributed by atoms with van der Waals surface area (Å²) in [5, 5.41) is 2.67. The van der Waals surface area contributed by atoms with Crippen molar-refractivity contribution in [3.8, 4) is 5.75 Å². The van der Waals surface area contributed by atoms with Gasteiger partial charge >= 0.3 is 0 Å². The van der Waals surface area contributed by atoms with Crippen molar-refractivity contribution in [1.29, 1.82) is 0 Å². The number of carbonyl (C=O) groups excluding carboxylic acids is 1. The van der Waals surface area contributed by atoms with Crippen LogP contribution in [0.3, 0.4) is 0 Å². The number of amides is 1. The topological polar surface area (TPSA) is 84.9 Å². The van der Waals surface area contributed by atoms with Gasteiger partial charge in [0.1, 0.15) is 18.1 Å². The van der Waals surface area contributed by atoms with Gasteiger partial charge in [0.2, 0.25) is 5.91 Å². The number of nitrogens with one attached hydrogen (secondary N) is 1. The Labute approximate surface area is 199 Å². The summed E-state index contributed by atoms with van der Waals surface area (Å²) in [6.45, 7) is 2.69. The van der Waals surface area contributed by atoms with Crippen LogP contribution >= 0.6 is 0 Å². The van der Waals surface area contributed by atoms with Gasteiger partial charge in [-0.2, -0.15) is 0 Å². The summed E-state index contributed by atoms with van der Waals surface area (Å²) in [4.78, 5) is 12.6. The average Bonchev–Trinajstić information content (AvgIpc) is 2.84. The van der Waals surface area contributed by atoms with E-state index in [9.17, 15) is 17.6 Å². The fourth-order valence-electron chi connectivity index (χ4n) is 3.14. The Bertz CT molecular complexity index is 1150. The number of hydrogen-bond donors (Lipinski definition) is 1. The zero-order chi connectivity index (χ0) is 24.4. The van der Waals surface area contributed by atoms with Crippen molar-refractivity contribution in [1.82, 2.24) is 5.32 Å². The SMILES string of the molecule is CCOc1ccc(S(=O)(=O)N(CC(=O)NCCOCc2ccccc2)c2ccc(F)cc2)cc1. The molecule has 0 aliphatic carbocycles. The fraction of sp³-hybridized carbons (Fsp3) is 0.240. The molecule has 0 heterocycles. The molecule has 0 aromatic heterocycles. The molecule has 0 saturated carbocycles. The van der Waals surface area contributed by atoms with Crippen molar-refractivity contribution in [3.05, 3.63) is 90.2 Å². The molecule has 0 unspecified atom stereocenters.